The van der Waals surface area contributed by atoms with Gasteiger partial charge in [0, 0.05) is 30.7 Å². The molecule has 5 aliphatic rings. The summed E-state index contributed by atoms with van der Waals surface area (Å²) in [6.07, 6.45) is -4.09. The molecule has 0 unspecified atom stereocenters. The molecule has 4 aliphatic heterocycles. The number of hydrogen-bond acceptors (Lipinski definition) is 13. The van der Waals surface area contributed by atoms with Crippen molar-refractivity contribution in [1.82, 2.24) is 25.9 Å². The van der Waals surface area contributed by atoms with E-state index in [1.807, 2.05) is 0 Å². The fourth-order valence-corrected chi connectivity index (χ4v) is 8.26. The third-order valence-electron chi connectivity index (χ3n) is 11.4. The van der Waals surface area contributed by atoms with E-state index >= 15 is 0 Å². The highest BCUT2D eigenvalue weighted by atomic mass is 35.5. The number of nitrogens with zero attached hydrogens (tertiary/aromatic N) is 3. The summed E-state index contributed by atoms with van der Waals surface area (Å²) in [6, 6.07) is -5.17. The number of nitrogens with one attached hydrogen (secondary N) is 4. The number of esters is 1. The normalized spacial score (nSPS) is 31.9. The maximum Gasteiger partial charge on any atom is 0.330 e. The topological polar surface area (TPSA) is 266 Å². The average Bonchev–Trinajstić information content (AvgIpc) is 3.73. The van der Waals surface area contributed by atoms with E-state index in [1.54, 1.807) is 27.7 Å². The standard InChI is InChI=1S/C37H47Cl2N7O12/c1-35(2,3)27-32(54)46-19(7-6-12-40-46)29(51)41-18(15-57-5)28(50)42-25(21(47)13-22(48)49)31(53)45-20(30(52)44-26(33(55)58-27)36(4)10-11-36)14-37(56)16-8-9-17(38)23(39)24(16)43-34(37)45/h8-9,12,18-21,25-27,34,43,47,56H,6-7,10-11,13-15H2,1-5H3,(H,41,51)(H,42,50)(H,44,52)(H,48,49)/t18-,19+,20+,21-,25+,26+,27-,34+,37-/m1/s1. The minimum absolute atomic E-state index is 0.0135. The molecule has 0 radical (unpaired) electrons. The highest BCUT2D eigenvalue weighted by Crippen LogP contribution is 2.53. The molecule has 316 valence electrons. The summed E-state index contributed by atoms with van der Waals surface area (Å²) in [5.41, 5.74) is -3.70. The summed E-state index contributed by atoms with van der Waals surface area (Å²) in [5, 5.41) is 48.9. The van der Waals surface area contributed by atoms with Gasteiger partial charge in [-0.1, -0.05) is 57.0 Å². The molecular weight excluding hydrogens is 805 g/mol. The number of ether oxygens (including phenoxy) is 2. The zero-order chi connectivity index (χ0) is 42.6. The van der Waals surface area contributed by atoms with Crippen LogP contribution in [0.1, 0.15) is 71.8 Å². The van der Waals surface area contributed by atoms with E-state index in [0.29, 0.717) is 12.8 Å². The molecule has 6 rings (SSSR count). The first kappa shape index (κ1) is 43.0. The van der Waals surface area contributed by atoms with Crippen LogP contribution in [-0.2, 0) is 48.6 Å². The number of aliphatic hydroxyl groups excluding tert-OH is 1. The van der Waals surface area contributed by atoms with Gasteiger partial charge >= 0.3 is 11.9 Å². The Morgan fingerprint density at radius 3 is 2.31 bits per heavy atom. The Morgan fingerprint density at radius 2 is 1.69 bits per heavy atom. The number of halogens is 2. The smallest absolute Gasteiger partial charge is 0.330 e. The number of methoxy groups -OCH3 is 1. The van der Waals surface area contributed by atoms with Crippen LogP contribution in [0, 0.1) is 10.8 Å². The minimum atomic E-state index is -2.12. The number of benzene rings is 1. The van der Waals surface area contributed by atoms with Crippen LogP contribution in [0.3, 0.4) is 0 Å². The molecule has 21 heteroatoms. The number of cyclic esters (lactones) is 1. The van der Waals surface area contributed by atoms with Crippen molar-refractivity contribution in [2.45, 2.75) is 120 Å². The van der Waals surface area contributed by atoms with Crippen LogP contribution in [0.5, 0.6) is 0 Å². The van der Waals surface area contributed by atoms with E-state index in [0.717, 1.165) is 9.91 Å². The molecule has 0 spiro atoms. The van der Waals surface area contributed by atoms with Crippen molar-refractivity contribution in [3.63, 3.8) is 0 Å². The number of hydrogen-bond donors (Lipinski definition) is 7. The van der Waals surface area contributed by atoms with Gasteiger partial charge in [0.15, 0.2) is 6.10 Å². The van der Waals surface area contributed by atoms with Gasteiger partial charge < -0.3 is 51.0 Å². The summed E-state index contributed by atoms with van der Waals surface area (Å²) in [6.45, 7) is 6.16. The molecule has 0 bridgehead atoms. The third-order valence-corrected chi connectivity index (χ3v) is 12.2. The van der Waals surface area contributed by atoms with Crippen molar-refractivity contribution >= 4 is 76.6 Å². The zero-order valence-electron chi connectivity index (χ0n) is 32.4. The maximum atomic E-state index is 14.9. The van der Waals surface area contributed by atoms with E-state index < -0.39 is 126 Å². The van der Waals surface area contributed by atoms with Crippen LogP contribution in [0.15, 0.2) is 17.2 Å². The fourth-order valence-electron chi connectivity index (χ4n) is 7.88. The molecule has 1 aliphatic carbocycles. The second kappa shape index (κ2) is 15.9. The first-order valence-electron chi connectivity index (χ1n) is 18.8. The summed E-state index contributed by atoms with van der Waals surface area (Å²) in [7, 11) is 1.22. The minimum Gasteiger partial charge on any atom is -0.481 e. The van der Waals surface area contributed by atoms with Crippen molar-refractivity contribution in [1.29, 1.82) is 0 Å². The molecule has 3 fully saturated rings. The number of carboxylic acids is 1. The first-order chi connectivity index (χ1) is 27.1. The van der Waals surface area contributed by atoms with Crippen molar-refractivity contribution in [2.24, 2.45) is 15.9 Å². The second-order valence-electron chi connectivity index (χ2n) is 16.7. The number of carbonyl (C=O) groups excluding carboxylic acids is 6. The number of amides is 5. The highest BCUT2D eigenvalue weighted by Gasteiger charge is 2.63. The van der Waals surface area contributed by atoms with Crippen molar-refractivity contribution in [2.75, 3.05) is 19.0 Å². The Balaban J connectivity index is 1.49. The van der Waals surface area contributed by atoms with Crippen molar-refractivity contribution in [3.05, 3.63) is 27.7 Å². The lowest BCUT2D eigenvalue weighted by molar-refractivity contribution is -0.173. The number of carbonyl (C=O) groups is 7. The number of hydrazone groups is 1. The van der Waals surface area contributed by atoms with Gasteiger partial charge in [-0.2, -0.15) is 5.10 Å². The summed E-state index contributed by atoms with van der Waals surface area (Å²) >= 11 is 12.8. The van der Waals surface area contributed by atoms with Gasteiger partial charge in [0.05, 0.1) is 34.9 Å². The molecule has 19 nitrogen and oxygen atoms in total. The largest absolute Gasteiger partial charge is 0.481 e. The SMILES string of the molecule is COC[C@H]1NC(=O)[C@@H]2CCC=NN2C(=O)[C@H](C(C)(C)C)OC(=O)[C@@H](C2(C)CC2)NC(=O)[C@@H]2C[C@@]3(O)c4ccc(Cl)c(Cl)c4N[C@H]3N2C(=O)[C@H]([C@H](O)CC(=O)O)NC1=O. The summed E-state index contributed by atoms with van der Waals surface area (Å²) in [5.74, 6) is -7.50. The van der Waals surface area contributed by atoms with Gasteiger partial charge in [0.25, 0.3) is 5.91 Å². The molecule has 9 atom stereocenters. The second-order valence-corrected chi connectivity index (χ2v) is 17.5. The van der Waals surface area contributed by atoms with Gasteiger partial charge in [0.2, 0.25) is 23.6 Å². The quantitative estimate of drug-likeness (QED) is 0.189. The van der Waals surface area contributed by atoms with Gasteiger partial charge in [-0.15, -0.1) is 0 Å². The van der Waals surface area contributed by atoms with Gasteiger partial charge in [-0.05, 0) is 37.2 Å². The fraction of sp³-hybridized carbons (Fsp3) is 0.622. The Morgan fingerprint density at radius 1 is 1.02 bits per heavy atom. The van der Waals surface area contributed by atoms with Crippen LogP contribution in [-0.4, -0.2) is 135 Å². The molecule has 5 amide bonds. The molecule has 1 aromatic rings. The van der Waals surface area contributed by atoms with Gasteiger partial charge in [-0.25, -0.2) is 9.80 Å². The Hall–Kier alpha value is -4.56. The molecule has 1 aromatic carbocycles. The van der Waals surface area contributed by atoms with E-state index in [4.69, 9.17) is 32.7 Å². The lowest BCUT2D eigenvalue weighted by Crippen LogP contribution is -2.64. The van der Waals surface area contributed by atoms with Gasteiger partial charge in [0.1, 0.15) is 42.0 Å². The molecule has 1 saturated carbocycles. The van der Waals surface area contributed by atoms with Crippen LogP contribution in [0.25, 0.3) is 0 Å². The number of aliphatic hydroxyl groups is 2. The van der Waals surface area contributed by atoms with Crippen molar-refractivity contribution in [3.8, 4) is 0 Å². The Kier molecular flexibility index (Phi) is 11.8. The lowest BCUT2D eigenvalue weighted by atomic mass is 9.87. The van der Waals surface area contributed by atoms with Crippen LogP contribution >= 0.6 is 23.2 Å². The predicted molar refractivity (Wildman–Crippen MR) is 204 cm³/mol. The number of fused-ring (bicyclic) bond motifs is 6. The summed E-state index contributed by atoms with van der Waals surface area (Å²) < 4.78 is 11.1. The lowest BCUT2D eigenvalue weighted by Gasteiger charge is -2.38. The monoisotopic (exact) mass is 851 g/mol. The average molecular weight is 853 g/mol. The zero-order valence-corrected chi connectivity index (χ0v) is 33.9. The van der Waals surface area contributed by atoms with E-state index in [2.05, 4.69) is 26.4 Å². The number of carboxylic acid groups (broad SMARTS) is 1. The van der Waals surface area contributed by atoms with E-state index in [1.165, 1.54) is 25.5 Å². The van der Waals surface area contributed by atoms with Crippen LogP contribution < -0.4 is 21.3 Å². The molecular formula is C37H47Cl2N7O12. The highest BCUT2D eigenvalue weighted by molar-refractivity contribution is 6.44. The Labute approximate surface area is 343 Å². The number of aliphatic carboxylic acids is 1. The van der Waals surface area contributed by atoms with Crippen molar-refractivity contribution < 1.29 is 58.4 Å². The maximum absolute atomic E-state index is 14.9. The van der Waals surface area contributed by atoms with E-state index in [9.17, 15) is 48.9 Å². The number of rotatable bonds is 6. The predicted octanol–water partition coefficient (Wildman–Crippen LogP) is 0.218. The molecule has 4 heterocycles. The van der Waals surface area contributed by atoms with E-state index in [-0.39, 0.29) is 34.1 Å². The Bertz CT molecular complexity index is 1940. The third kappa shape index (κ3) is 7.93. The molecule has 7 N–H and O–H groups in total. The molecule has 58 heavy (non-hydrogen) atoms. The van der Waals surface area contributed by atoms with Crippen LogP contribution in [0.4, 0.5) is 5.69 Å². The number of anilines is 1. The first-order valence-corrected chi connectivity index (χ1v) is 19.5. The molecule has 2 saturated heterocycles. The van der Waals surface area contributed by atoms with Crippen LogP contribution in [0.2, 0.25) is 10.0 Å². The summed E-state index contributed by atoms with van der Waals surface area (Å²) in [4.78, 5) is 98.7. The van der Waals surface area contributed by atoms with Gasteiger partial charge in [-0.3, -0.25) is 28.8 Å². The molecule has 0 aromatic heterocycles.